The zero-order valence-corrected chi connectivity index (χ0v) is 11.7. The molecule has 0 saturated carbocycles. The second-order valence-electron chi connectivity index (χ2n) is 5.56. The lowest BCUT2D eigenvalue weighted by Crippen LogP contribution is -2.28. The Morgan fingerprint density at radius 1 is 1.29 bits per heavy atom. The quantitative estimate of drug-likeness (QED) is 0.839. The topological polar surface area (TPSA) is 35.2 Å². The molecular weight excluding hydrogens is 210 g/mol. The predicted molar refractivity (Wildman–Crippen MR) is 73.2 cm³/mol. The van der Waals surface area contributed by atoms with Crippen LogP contribution in [0.15, 0.2) is 24.3 Å². The van der Waals surface area contributed by atoms with Crippen LogP contribution in [0.2, 0.25) is 0 Å². The van der Waals surface area contributed by atoms with Crippen molar-refractivity contribution in [2.45, 2.75) is 53.2 Å². The Morgan fingerprint density at radius 3 is 2.47 bits per heavy atom. The summed E-state index contributed by atoms with van der Waals surface area (Å²) in [6.45, 7) is 10.6. The van der Waals surface area contributed by atoms with Gasteiger partial charge < -0.3 is 10.5 Å². The smallest absolute Gasteiger partial charge is 0.120 e. The molecule has 0 bridgehead atoms. The van der Waals surface area contributed by atoms with Crippen molar-refractivity contribution >= 4 is 0 Å². The summed E-state index contributed by atoms with van der Waals surface area (Å²) in [5.74, 6) is 0.903. The number of rotatable bonds is 5. The van der Waals surface area contributed by atoms with Gasteiger partial charge in [-0.2, -0.15) is 0 Å². The molecule has 1 atom stereocenters. The Morgan fingerprint density at radius 2 is 1.94 bits per heavy atom. The Bertz CT molecular complexity index is 358. The summed E-state index contributed by atoms with van der Waals surface area (Å²) in [4.78, 5) is 0. The minimum atomic E-state index is 0.0446. The molecule has 96 valence electrons. The van der Waals surface area contributed by atoms with Gasteiger partial charge in [-0.05, 0) is 43.4 Å². The number of hydrogen-bond donors (Lipinski definition) is 1. The zero-order valence-electron chi connectivity index (χ0n) is 11.7. The third-order valence-electron chi connectivity index (χ3n) is 3.34. The van der Waals surface area contributed by atoms with Gasteiger partial charge in [0.1, 0.15) is 5.75 Å². The van der Waals surface area contributed by atoms with Crippen molar-refractivity contribution in [1.82, 2.24) is 0 Å². The number of hydrogen-bond acceptors (Lipinski definition) is 2. The summed E-state index contributed by atoms with van der Waals surface area (Å²) >= 11 is 0. The summed E-state index contributed by atoms with van der Waals surface area (Å²) in [7, 11) is 0. The molecule has 1 aromatic rings. The summed E-state index contributed by atoms with van der Waals surface area (Å²) in [5.41, 5.74) is 7.58. The molecule has 0 spiro atoms. The van der Waals surface area contributed by atoms with Gasteiger partial charge in [-0.15, -0.1) is 0 Å². The second-order valence-corrected chi connectivity index (χ2v) is 5.56. The fraction of sp³-hybridized carbons (Fsp3) is 0.600. The van der Waals surface area contributed by atoms with Gasteiger partial charge in [-0.1, -0.05) is 32.9 Å². The molecule has 0 fully saturated rings. The van der Waals surface area contributed by atoms with E-state index in [9.17, 15) is 0 Å². The first-order valence-electron chi connectivity index (χ1n) is 6.39. The van der Waals surface area contributed by atoms with E-state index in [-0.39, 0.29) is 17.6 Å². The van der Waals surface area contributed by atoms with Crippen molar-refractivity contribution in [3.63, 3.8) is 0 Å². The SMILES string of the molecule is CCC(C)(C)C(N)c1cccc(OC(C)C)c1. The highest BCUT2D eigenvalue weighted by Crippen LogP contribution is 2.35. The molecule has 1 rings (SSSR count). The molecule has 2 N–H and O–H groups in total. The number of benzene rings is 1. The fourth-order valence-electron chi connectivity index (χ4n) is 1.72. The van der Waals surface area contributed by atoms with Crippen LogP contribution >= 0.6 is 0 Å². The van der Waals surface area contributed by atoms with E-state index in [0.29, 0.717) is 0 Å². The van der Waals surface area contributed by atoms with Crippen LogP contribution in [0.4, 0.5) is 0 Å². The van der Waals surface area contributed by atoms with Gasteiger partial charge in [-0.25, -0.2) is 0 Å². The Kier molecular flexibility index (Phi) is 4.58. The van der Waals surface area contributed by atoms with E-state index < -0.39 is 0 Å². The minimum absolute atomic E-state index is 0.0446. The first-order valence-corrected chi connectivity index (χ1v) is 6.39. The summed E-state index contributed by atoms with van der Waals surface area (Å²) in [6, 6.07) is 8.17. The Labute approximate surface area is 105 Å². The van der Waals surface area contributed by atoms with Gasteiger partial charge in [0.05, 0.1) is 6.10 Å². The van der Waals surface area contributed by atoms with Crippen molar-refractivity contribution < 1.29 is 4.74 Å². The van der Waals surface area contributed by atoms with Gasteiger partial charge >= 0.3 is 0 Å². The summed E-state index contributed by atoms with van der Waals surface area (Å²) < 4.78 is 5.70. The van der Waals surface area contributed by atoms with Crippen LogP contribution in [0.3, 0.4) is 0 Å². The van der Waals surface area contributed by atoms with E-state index in [1.807, 2.05) is 26.0 Å². The van der Waals surface area contributed by atoms with Gasteiger partial charge in [-0.3, -0.25) is 0 Å². The van der Waals surface area contributed by atoms with Crippen molar-refractivity contribution in [2.75, 3.05) is 0 Å². The third-order valence-corrected chi connectivity index (χ3v) is 3.34. The first-order chi connectivity index (χ1) is 7.86. The number of nitrogens with two attached hydrogens (primary N) is 1. The van der Waals surface area contributed by atoms with Crippen molar-refractivity contribution in [3.8, 4) is 5.75 Å². The van der Waals surface area contributed by atoms with Gasteiger partial charge in [0.2, 0.25) is 0 Å². The highest BCUT2D eigenvalue weighted by molar-refractivity contribution is 5.31. The van der Waals surface area contributed by atoms with Crippen LogP contribution in [0, 0.1) is 5.41 Å². The molecule has 0 aliphatic heterocycles. The average molecular weight is 235 g/mol. The molecule has 17 heavy (non-hydrogen) atoms. The van der Waals surface area contributed by atoms with E-state index in [1.54, 1.807) is 0 Å². The standard InChI is InChI=1S/C15H25NO/c1-6-15(4,5)14(16)12-8-7-9-13(10-12)17-11(2)3/h7-11,14H,6,16H2,1-5H3. The number of ether oxygens (including phenoxy) is 1. The second kappa shape index (κ2) is 5.54. The minimum Gasteiger partial charge on any atom is -0.491 e. The monoisotopic (exact) mass is 235 g/mol. The Balaban J connectivity index is 2.91. The fourth-order valence-corrected chi connectivity index (χ4v) is 1.72. The van der Waals surface area contributed by atoms with E-state index >= 15 is 0 Å². The van der Waals surface area contributed by atoms with Crippen molar-refractivity contribution in [2.24, 2.45) is 11.1 Å². The van der Waals surface area contributed by atoms with Crippen molar-refractivity contribution in [1.29, 1.82) is 0 Å². The van der Waals surface area contributed by atoms with E-state index in [0.717, 1.165) is 17.7 Å². The van der Waals surface area contributed by atoms with Crippen molar-refractivity contribution in [3.05, 3.63) is 29.8 Å². The molecule has 0 amide bonds. The molecule has 2 heteroatoms. The molecule has 0 heterocycles. The van der Waals surface area contributed by atoms with E-state index in [1.165, 1.54) is 0 Å². The maximum absolute atomic E-state index is 6.33. The maximum Gasteiger partial charge on any atom is 0.120 e. The molecule has 0 saturated heterocycles. The van der Waals surface area contributed by atoms with E-state index in [4.69, 9.17) is 10.5 Å². The molecule has 1 aromatic carbocycles. The summed E-state index contributed by atoms with van der Waals surface area (Å²) in [6.07, 6.45) is 1.25. The normalized spacial score (nSPS) is 13.8. The lowest BCUT2D eigenvalue weighted by molar-refractivity contribution is 0.240. The van der Waals surface area contributed by atoms with E-state index in [2.05, 4.69) is 32.9 Å². The third kappa shape index (κ3) is 3.74. The Hall–Kier alpha value is -1.02. The molecule has 0 radical (unpaired) electrons. The highest BCUT2D eigenvalue weighted by atomic mass is 16.5. The lowest BCUT2D eigenvalue weighted by Gasteiger charge is -2.31. The first kappa shape index (κ1) is 14.0. The van der Waals surface area contributed by atoms with Gasteiger partial charge in [0, 0.05) is 6.04 Å². The molecule has 0 aliphatic rings. The van der Waals surface area contributed by atoms with Crippen LogP contribution in [0.25, 0.3) is 0 Å². The van der Waals surface area contributed by atoms with Gasteiger partial charge in [0.25, 0.3) is 0 Å². The van der Waals surface area contributed by atoms with Crippen LogP contribution in [-0.4, -0.2) is 6.10 Å². The van der Waals surface area contributed by atoms with Gasteiger partial charge in [0.15, 0.2) is 0 Å². The molecular formula is C15H25NO. The molecule has 0 aliphatic carbocycles. The lowest BCUT2D eigenvalue weighted by atomic mass is 9.79. The van der Waals surface area contributed by atoms with Crippen LogP contribution < -0.4 is 10.5 Å². The van der Waals surface area contributed by atoms with Crippen LogP contribution in [-0.2, 0) is 0 Å². The molecule has 2 nitrogen and oxygen atoms in total. The van der Waals surface area contributed by atoms with Crippen LogP contribution in [0.1, 0.15) is 52.6 Å². The van der Waals surface area contributed by atoms with Crippen LogP contribution in [0.5, 0.6) is 5.75 Å². The zero-order chi connectivity index (χ0) is 13.1. The maximum atomic E-state index is 6.33. The summed E-state index contributed by atoms with van der Waals surface area (Å²) in [5, 5.41) is 0. The molecule has 0 aromatic heterocycles. The highest BCUT2D eigenvalue weighted by Gasteiger charge is 2.25. The predicted octanol–water partition coefficient (Wildman–Crippen LogP) is 3.91. The molecule has 1 unspecified atom stereocenters. The average Bonchev–Trinajstić information content (AvgIpc) is 2.27. The largest absolute Gasteiger partial charge is 0.491 e.